The van der Waals surface area contributed by atoms with Crippen LogP contribution in [0.2, 0.25) is 0 Å². The van der Waals surface area contributed by atoms with E-state index >= 15 is 0 Å². The Kier molecular flexibility index (Phi) is 10.6. The molecule has 0 saturated carbocycles. The number of aryl methyl sites for hydroxylation is 2. The molecule has 0 saturated heterocycles. The summed E-state index contributed by atoms with van der Waals surface area (Å²) in [7, 11) is 0. The third-order valence-electron chi connectivity index (χ3n) is 13.7. The zero-order chi connectivity index (χ0) is 50.6. The summed E-state index contributed by atoms with van der Waals surface area (Å²) in [6.07, 6.45) is 0. The second-order valence-electron chi connectivity index (χ2n) is 18.0. The van der Waals surface area contributed by atoms with E-state index in [1.54, 1.807) is 0 Å². The van der Waals surface area contributed by atoms with Crippen molar-refractivity contribution < 1.29 is 0 Å². The number of hydrogen-bond acceptors (Lipinski definition) is 7. The van der Waals surface area contributed by atoms with E-state index in [1.807, 2.05) is 147 Å². The Hall–Kier alpha value is -11.0. The van der Waals surface area contributed by atoms with E-state index in [4.69, 9.17) is 16.5 Å². The van der Waals surface area contributed by atoms with E-state index in [-0.39, 0.29) is 0 Å². The number of benzene rings is 9. The second kappa shape index (κ2) is 17.8. The Morgan fingerprint density at radius 2 is 0.757 bits per heavy atom. The van der Waals surface area contributed by atoms with Gasteiger partial charge >= 0.3 is 0 Å². The van der Waals surface area contributed by atoms with Crippen molar-refractivity contribution in [3.63, 3.8) is 0 Å². The molecule has 0 N–H and O–H groups in total. The van der Waals surface area contributed by atoms with Gasteiger partial charge in [0.15, 0.2) is 11.5 Å². The number of nitrogens with zero attached hydrogens (tertiary/aromatic N) is 10. The molecule has 12 aromatic rings. The maximum atomic E-state index is 11.3. The van der Waals surface area contributed by atoms with Gasteiger partial charge in [-0.1, -0.05) is 127 Å². The van der Waals surface area contributed by atoms with E-state index in [0.717, 1.165) is 88.1 Å². The van der Waals surface area contributed by atoms with Crippen LogP contribution in [-0.4, -0.2) is 24.1 Å². The standard InChI is InChI=1S/C64H36N10/c1-38-70-39(2)72-64(71-38)63-61(73-57-30-41(48-15-7-4-12-45(48)35-66)20-24-52(57)53-25-21-42(31-58(53)73)49-16-8-5-13-46(49)36-67)28-40(34-65)29-62(63)74-59-32-43(50-17-9-6-14-47(50)37-68)22-26-54(59)55-27-23-44(33-60(55)74)51-18-10-11-19-56(51)69-3/h4-33H,1-2H3. The SMILES string of the molecule is [C-]#[N+]c1ccccc1-c1ccc2c3ccc(-c4ccccc4C#N)cc3n(-c3cc(C#N)cc(-n4c5cc(-c6ccccc6C#N)ccc5c5ccc(-c6ccccc6C#N)cc54)c3-c3nc(C)nc(C)n3)c2c1. The summed E-state index contributed by atoms with van der Waals surface area (Å²) < 4.78 is 4.30. The first-order valence-electron chi connectivity index (χ1n) is 23.7. The first-order valence-corrected chi connectivity index (χ1v) is 23.7. The third-order valence-corrected chi connectivity index (χ3v) is 13.7. The van der Waals surface area contributed by atoms with Gasteiger partial charge in [-0.2, -0.15) is 21.0 Å². The Balaban J connectivity index is 1.28. The maximum absolute atomic E-state index is 11.3. The molecule has 9 aromatic carbocycles. The molecule has 3 aromatic heterocycles. The zero-order valence-corrected chi connectivity index (χ0v) is 39.8. The lowest BCUT2D eigenvalue weighted by Gasteiger charge is -2.21. The van der Waals surface area contributed by atoms with Gasteiger partial charge in [-0.15, -0.1) is 0 Å². The van der Waals surface area contributed by atoms with Crippen molar-refractivity contribution in [1.29, 1.82) is 21.0 Å². The molecule has 0 aliphatic heterocycles. The van der Waals surface area contributed by atoms with Crippen molar-refractivity contribution in [3.05, 3.63) is 227 Å². The minimum Gasteiger partial charge on any atom is -0.308 e. The molecule has 12 rings (SSSR count). The molecule has 10 heteroatoms. The summed E-state index contributed by atoms with van der Waals surface area (Å²) in [6, 6.07) is 68.3. The normalized spacial score (nSPS) is 11.0. The van der Waals surface area contributed by atoms with Gasteiger partial charge in [0.2, 0.25) is 0 Å². The van der Waals surface area contributed by atoms with Gasteiger partial charge in [-0.25, -0.2) is 19.8 Å². The van der Waals surface area contributed by atoms with Crippen molar-refractivity contribution in [2.24, 2.45) is 0 Å². The number of aromatic nitrogens is 5. The average molecular weight is 945 g/mol. The third kappa shape index (κ3) is 7.18. The van der Waals surface area contributed by atoms with Gasteiger partial charge in [0.05, 0.1) is 92.1 Å². The minimum atomic E-state index is 0.351. The highest BCUT2D eigenvalue weighted by atomic mass is 15.1. The molecule has 0 unspecified atom stereocenters. The van der Waals surface area contributed by atoms with E-state index in [9.17, 15) is 21.0 Å². The predicted octanol–water partition coefficient (Wildman–Crippen LogP) is 15.1. The summed E-state index contributed by atoms with van der Waals surface area (Å²) in [4.78, 5) is 18.7. The second-order valence-corrected chi connectivity index (χ2v) is 18.0. The fourth-order valence-corrected chi connectivity index (χ4v) is 10.5. The Labute approximate surface area is 425 Å². The molecule has 0 aliphatic carbocycles. The maximum Gasteiger partial charge on any atom is 0.194 e. The van der Waals surface area contributed by atoms with Crippen molar-refractivity contribution in [2.75, 3.05) is 0 Å². The van der Waals surface area contributed by atoms with Crippen molar-refractivity contribution >= 4 is 49.3 Å². The van der Waals surface area contributed by atoms with E-state index in [0.29, 0.717) is 62.4 Å². The first-order chi connectivity index (χ1) is 36.3. The number of nitriles is 4. The summed E-state index contributed by atoms with van der Waals surface area (Å²) in [6.45, 7) is 11.8. The molecule has 342 valence electrons. The first kappa shape index (κ1) is 44.3. The average Bonchev–Trinajstić information content (AvgIpc) is 3.96. The summed E-state index contributed by atoms with van der Waals surface area (Å²) in [5.41, 5.74) is 13.7. The van der Waals surface area contributed by atoms with Gasteiger partial charge < -0.3 is 9.13 Å². The zero-order valence-electron chi connectivity index (χ0n) is 39.8. The lowest BCUT2D eigenvalue weighted by molar-refractivity contribution is 0.924. The predicted molar refractivity (Wildman–Crippen MR) is 290 cm³/mol. The number of hydrogen-bond donors (Lipinski definition) is 0. The molecule has 0 spiro atoms. The van der Waals surface area contributed by atoms with Crippen molar-refractivity contribution in [2.45, 2.75) is 13.8 Å². The van der Waals surface area contributed by atoms with Gasteiger partial charge in [0, 0.05) is 21.5 Å². The van der Waals surface area contributed by atoms with Crippen LogP contribution in [0.3, 0.4) is 0 Å². The molecular formula is C64H36N10. The minimum absolute atomic E-state index is 0.351. The monoisotopic (exact) mass is 944 g/mol. The molecule has 0 aliphatic rings. The van der Waals surface area contributed by atoms with Crippen LogP contribution in [0.25, 0.3) is 116 Å². The van der Waals surface area contributed by atoms with Crippen LogP contribution in [0.1, 0.15) is 33.9 Å². The van der Waals surface area contributed by atoms with Crippen LogP contribution in [0.4, 0.5) is 5.69 Å². The highest BCUT2D eigenvalue weighted by Gasteiger charge is 2.27. The quantitative estimate of drug-likeness (QED) is 0.144. The van der Waals surface area contributed by atoms with Crippen LogP contribution >= 0.6 is 0 Å². The summed E-state index contributed by atoms with van der Waals surface area (Å²) >= 11 is 0. The Morgan fingerprint density at radius 1 is 0.405 bits per heavy atom. The number of para-hydroxylation sites is 1. The van der Waals surface area contributed by atoms with Crippen LogP contribution < -0.4 is 0 Å². The molecule has 0 fully saturated rings. The summed E-state index contributed by atoms with van der Waals surface area (Å²) in [5, 5.41) is 45.9. The molecule has 3 heterocycles. The molecule has 0 radical (unpaired) electrons. The molecule has 10 nitrogen and oxygen atoms in total. The molecule has 0 atom stereocenters. The highest BCUT2D eigenvalue weighted by molar-refractivity contribution is 6.14. The molecular weight excluding hydrogens is 909 g/mol. The van der Waals surface area contributed by atoms with E-state index < -0.39 is 0 Å². The number of fused-ring (bicyclic) bond motifs is 6. The largest absolute Gasteiger partial charge is 0.308 e. The Bertz CT molecular complexity index is 4090. The van der Waals surface area contributed by atoms with Gasteiger partial charge in [0.25, 0.3) is 0 Å². The van der Waals surface area contributed by atoms with Gasteiger partial charge in [0.1, 0.15) is 11.6 Å². The summed E-state index contributed by atoms with van der Waals surface area (Å²) in [5.74, 6) is 1.36. The molecule has 0 bridgehead atoms. The topological polar surface area (TPSA) is 148 Å². The lowest BCUT2D eigenvalue weighted by atomic mass is 9.98. The van der Waals surface area contributed by atoms with E-state index in [1.165, 1.54) is 0 Å². The van der Waals surface area contributed by atoms with Crippen LogP contribution in [-0.2, 0) is 0 Å². The van der Waals surface area contributed by atoms with Gasteiger partial charge in [-0.05, 0) is 113 Å². The van der Waals surface area contributed by atoms with Crippen molar-refractivity contribution in [3.8, 4) is 91.5 Å². The van der Waals surface area contributed by atoms with Crippen LogP contribution in [0.15, 0.2) is 182 Å². The molecule has 0 amide bonds. The van der Waals surface area contributed by atoms with Crippen LogP contribution in [0, 0.1) is 65.7 Å². The smallest absolute Gasteiger partial charge is 0.194 e. The highest BCUT2D eigenvalue weighted by Crippen LogP contribution is 2.45. The van der Waals surface area contributed by atoms with Gasteiger partial charge in [-0.3, -0.25) is 0 Å². The lowest BCUT2D eigenvalue weighted by Crippen LogP contribution is -2.08. The van der Waals surface area contributed by atoms with Crippen LogP contribution in [0.5, 0.6) is 0 Å². The Morgan fingerprint density at radius 3 is 1.12 bits per heavy atom. The fraction of sp³-hybridized carbons (Fsp3) is 0.0312. The van der Waals surface area contributed by atoms with Crippen molar-refractivity contribution in [1.82, 2.24) is 24.1 Å². The van der Waals surface area contributed by atoms with E-state index in [2.05, 4.69) is 91.8 Å². The molecule has 74 heavy (non-hydrogen) atoms. The number of rotatable bonds is 7. The fourth-order valence-electron chi connectivity index (χ4n) is 10.5.